The molecule has 0 saturated carbocycles. The second-order valence-electron chi connectivity index (χ2n) is 3.45. The van der Waals surface area contributed by atoms with Crippen LogP contribution in [0.15, 0.2) is 16.9 Å². The van der Waals surface area contributed by atoms with Crippen molar-refractivity contribution in [1.29, 1.82) is 0 Å². The van der Waals surface area contributed by atoms with Gasteiger partial charge in [0.1, 0.15) is 5.56 Å². The molecule has 0 unspecified atom stereocenters. The van der Waals surface area contributed by atoms with Crippen LogP contribution >= 0.6 is 11.6 Å². The summed E-state index contributed by atoms with van der Waals surface area (Å²) in [5, 5.41) is 0.911. The Labute approximate surface area is 109 Å². The smallest absolute Gasteiger partial charge is 0.345 e. The minimum Gasteiger partial charge on any atom is -0.462 e. The number of pyridine rings is 1. The first-order valence-electron chi connectivity index (χ1n) is 5.43. The van der Waals surface area contributed by atoms with Crippen LogP contribution in [0, 0.1) is 0 Å². The molecule has 5 heteroatoms. The summed E-state index contributed by atoms with van der Waals surface area (Å²) in [5.74, 6) is -0.737. The van der Waals surface area contributed by atoms with Gasteiger partial charge in [-0.1, -0.05) is 36.4 Å². The molecule has 0 aliphatic rings. The molecule has 96 valence electrons. The third-order valence-corrected chi connectivity index (χ3v) is 2.60. The molecule has 0 radical (unpaired) electrons. The number of rotatable bonds is 3. The first-order chi connectivity index (χ1) is 8.52. The van der Waals surface area contributed by atoms with Crippen molar-refractivity contribution in [1.82, 2.24) is 4.98 Å². The Morgan fingerprint density at radius 3 is 2.78 bits per heavy atom. The molecule has 0 aliphatic heterocycles. The number of ether oxygens (including phenoxy) is 1. The summed E-state index contributed by atoms with van der Waals surface area (Å²) in [4.78, 5) is 25.8. The molecule has 4 nitrogen and oxygen atoms in total. The summed E-state index contributed by atoms with van der Waals surface area (Å²) in [7, 11) is 0. The van der Waals surface area contributed by atoms with Crippen LogP contribution < -0.4 is 16.1 Å². The van der Waals surface area contributed by atoms with Crippen LogP contribution in [0.2, 0.25) is 5.02 Å². The summed E-state index contributed by atoms with van der Waals surface area (Å²) in [6.45, 7) is 7.35. The molecule has 18 heavy (non-hydrogen) atoms. The standard InChI is InChI=1S/C13H14ClNO3/c1-4-6-7-9-8(3)15-12(16)10(11(9)14)13(17)18-5-2/h4,6-7H,3,5H2,1-2H3,(H,15,16)/b6-4-,9-7+. The summed E-state index contributed by atoms with van der Waals surface area (Å²) < 4.78 is 4.79. The SMILES string of the molecule is C=c1[nH]c(=O)c(C(=O)OCC)c(Cl)/c1=C/C=C\C. The van der Waals surface area contributed by atoms with Crippen LogP contribution in [0.3, 0.4) is 0 Å². The maximum absolute atomic E-state index is 11.7. The number of hydrogen-bond donors (Lipinski definition) is 1. The molecule has 0 bridgehead atoms. The zero-order chi connectivity index (χ0) is 13.7. The first-order valence-corrected chi connectivity index (χ1v) is 5.81. The maximum atomic E-state index is 11.7. The van der Waals surface area contributed by atoms with E-state index in [1.807, 2.05) is 6.92 Å². The molecular weight excluding hydrogens is 254 g/mol. The quantitative estimate of drug-likeness (QED) is 0.831. The number of aromatic nitrogens is 1. The Morgan fingerprint density at radius 1 is 1.56 bits per heavy atom. The molecule has 1 aromatic rings. The number of allylic oxidation sites excluding steroid dienone is 2. The van der Waals surface area contributed by atoms with E-state index in [9.17, 15) is 9.59 Å². The third-order valence-electron chi connectivity index (χ3n) is 2.21. The van der Waals surface area contributed by atoms with Gasteiger partial charge < -0.3 is 9.72 Å². The Morgan fingerprint density at radius 2 is 2.22 bits per heavy atom. The van der Waals surface area contributed by atoms with Crippen molar-refractivity contribution < 1.29 is 9.53 Å². The van der Waals surface area contributed by atoms with Crippen molar-refractivity contribution in [3.8, 4) is 0 Å². The van der Waals surface area contributed by atoms with Crippen molar-refractivity contribution in [2.75, 3.05) is 6.61 Å². The highest BCUT2D eigenvalue weighted by molar-refractivity contribution is 6.33. The third kappa shape index (κ3) is 2.90. The minimum absolute atomic E-state index is 0.0558. The lowest BCUT2D eigenvalue weighted by molar-refractivity contribution is 0.0524. The van der Waals surface area contributed by atoms with E-state index in [2.05, 4.69) is 11.6 Å². The maximum Gasteiger partial charge on any atom is 0.345 e. The first kappa shape index (κ1) is 14.3. The van der Waals surface area contributed by atoms with Gasteiger partial charge in [-0.25, -0.2) is 4.79 Å². The van der Waals surface area contributed by atoms with E-state index in [4.69, 9.17) is 16.3 Å². The van der Waals surface area contributed by atoms with Crippen LogP contribution in [0.4, 0.5) is 0 Å². The Hall–Kier alpha value is -1.81. The predicted molar refractivity (Wildman–Crippen MR) is 72.1 cm³/mol. The number of nitrogens with one attached hydrogen (secondary N) is 1. The zero-order valence-electron chi connectivity index (χ0n) is 10.2. The largest absolute Gasteiger partial charge is 0.462 e. The lowest BCUT2D eigenvalue weighted by Crippen LogP contribution is -2.38. The molecule has 0 amide bonds. The lowest BCUT2D eigenvalue weighted by Gasteiger charge is -2.03. The minimum atomic E-state index is -0.737. The van der Waals surface area contributed by atoms with E-state index in [1.54, 1.807) is 25.2 Å². The molecule has 0 aliphatic carbocycles. The highest BCUT2D eigenvalue weighted by atomic mass is 35.5. The van der Waals surface area contributed by atoms with Crippen molar-refractivity contribution >= 4 is 30.2 Å². The van der Waals surface area contributed by atoms with Crippen molar-refractivity contribution in [2.45, 2.75) is 13.8 Å². The molecule has 0 fully saturated rings. The van der Waals surface area contributed by atoms with Gasteiger partial charge in [0, 0.05) is 10.6 Å². The highest BCUT2D eigenvalue weighted by Crippen LogP contribution is 2.06. The van der Waals surface area contributed by atoms with Crippen LogP contribution in [-0.2, 0) is 4.74 Å². The van der Waals surface area contributed by atoms with Gasteiger partial charge in [0.05, 0.1) is 11.6 Å². The van der Waals surface area contributed by atoms with Crippen LogP contribution in [0.5, 0.6) is 0 Å². The average molecular weight is 268 g/mol. The molecule has 0 saturated heterocycles. The monoisotopic (exact) mass is 267 g/mol. The van der Waals surface area contributed by atoms with Gasteiger partial charge in [0.25, 0.3) is 5.56 Å². The molecule has 0 spiro atoms. The van der Waals surface area contributed by atoms with Gasteiger partial charge in [-0.2, -0.15) is 0 Å². The van der Waals surface area contributed by atoms with Gasteiger partial charge in [-0.15, -0.1) is 0 Å². The van der Waals surface area contributed by atoms with E-state index < -0.39 is 11.5 Å². The number of hydrogen-bond acceptors (Lipinski definition) is 3. The zero-order valence-corrected chi connectivity index (χ0v) is 11.0. The molecule has 0 atom stereocenters. The number of aromatic amines is 1. The number of halogens is 1. The second-order valence-corrected chi connectivity index (χ2v) is 3.83. The van der Waals surface area contributed by atoms with Crippen molar-refractivity contribution in [3.63, 3.8) is 0 Å². The summed E-state index contributed by atoms with van der Waals surface area (Å²) in [5.41, 5.74) is -0.789. The number of H-pyrrole nitrogens is 1. The van der Waals surface area contributed by atoms with E-state index in [-0.39, 0.29) is 17.2 Å². The van der Waals surface area contributed by atoms with Crippen LogP contribution in [0.1, 0.15) is 24.2 Å². The molecular formula is C13H14ClNO3. The van der Waals surface area contributed by atoms with Gasteiger partial charge >= 0.3 is 5.97 Å². The number of esters is 1. The fourth-order valence-corrected chi connectivity index (χ4v) is 1.73. The molecule has 1 heterocycles. The fourth-order valence-electron chi connectivity index (χ4n) is 1.39. The lowest BCUT2D eigenvalue weighted by atomic mass is 10.2. The summed E-state index contributed by atoms with van der Waals surface area (Å²) in [6.07, 6.45) is 5.21. The average Bonchev–Trinajstić information content (AvgIpc) is 2.28. The van der Waals surface area contributed by atoms with Crippen molar-refractivity contribution in [2.24, 2.45) is 0 Å². The normalized spacial score (nSPS) is 12.1. The molecule has 0 aromatic carbocycles. The van der Waals surface area contributed by atoms with E-state index in [1.165, 1.54) is 0 Å². The molecule has 1 aromatic heterocycles. The Kier molecular flexibility index (Phi) is 4.92. The topological polar surface area (TPSA) is 59.2 Å². The number of carbonyl (C=O) groups excluding carboxylic acids is 1. The fraction of sp³-hybridized carbons (Fsp3) is 0.231. The summed E-state index contributed by atoms with van der Waals surface area (Å²) >= 11 is 6.06. The van der Waals surface area contributed by atoms with Gasteiger partial charge in [0.2, 0.25) is 0 Å². The van der Waals surface area contributed by atoms with Crippen molar-refractivity contribution in [3.05, 3.63) is 43.7 Å². The number of carbonyl (C=O) groups is 1. The van der Waals surface area contributed by atoms with E-state index in [0.717, 1.165) is 0 Å². The van der Waals surface area contributed by atoms with Gasteiger partial charge in [-0.3, -0.25) is 4.79 Å². The Balaban J connectivity index is 3.60. The van der Waals surface area contributed by atoms with Crippen LogP contribution in [0.25, 0.3) is 12.7 Å². The highest BCUT2D eigenvalue weighted by Gasteiger charge is 2.17. The van der Waals surface area contributed by atoms with E-state index in [0.29, 0.717) is 10.6 Å². The van der Waals surface area contributed by atoms with Gasteiger partial charge in [-0.05, 0) is 13.8 Å². The van der Waals surface area contributed by atoms with E-state index >= 15 is 0 Å². The van der Waals surface area contributed by atoms with Gasteiger partial charge in [0.15, 0.2) is 0 Å². The molecule has 1 N–H and O–H groups in total. The van der Waals surface area contributed by atoms with Crippen LogP contribution in [-0.4, -0.2) is 17.6 Å². The molecule has 1 rings (SSSR count). The Bertz CT molecular complexity index is 643. The summed E-state index contributed by atoms with van der Waals surface area (Å²) in [6, 6.07) is 0. The predicted octanol–water partition coefficient (Wildman–Crippen LogP) is 0.972. The second kappa shape index (κ2) is 6.21.